The van der Waals surface area contributed by atoms with E-state index >= 15 is 0 Å². The number of aromatic carboxylic acids is 1. The second-order valence-electron chi connectivity index (χ2n) is 5.87. The molecule has 0 aliphatic heterocycles. The molecule has 0 spiro atoms. The molecular formula is C15H20N2O3. The smallest absolute Gasteiger partial charge is 0.336 e. The number of carbonyl (C=O) groups excluding carboxylic acids is 1. The number of nitrogens with one attached hydrogen (secondary N) is 1. The number of anilines is 1. The van der Waals surface area contributed by atoms with Crippen LogP contribution in [0, 0.1) is 12.3 Å². The van der Waals surface area contributed by atoms with Crippen LogP contribution in [0.4, 0.5) is 5.69 Å². The summed E-state index contributed by atoms with van der Waals surface area (Å²) in [5.41, 5.74) is 7.32. The number of nitrogens with two attached hydrogens (primary N) is 1. The molecule has 1 aromatic carbocycles. The zero-order valence-electron chi connectivity index (χ0n) is 11.8. The number of hydrogen-bond donors (Lipinski definition) is 3. The van der Waals surface area contributed by atoms with Crippen molar-refractivity contribution in [2.45, 2.75) is 33.1 Å². The molecule has 0 atom stereocenters. The van der Waals surface area contributed by atoms with Crippen LogP contribution in [0.25, 0.3) is 0 Å². The van der Waals surface area contributed by atoms with Gasteiger partial charge in [0.2, 0.25) is 0 Å². The average Bonchev–Trinajstić information content (AvgIpc) is 3.08. The maximum absolute atomic E-state index is 11.5. The number of amides is 1. The Balaban J connectivity index is 2.21. The molecule has 2 rings (SSSR count). The summed E-state index contributed by atoms with van der Waals surface area (Å²) in [4.78, 5) is 22.6. The molecule has 5 heteroatoms. The summed E-state index contributed by atoms with van der Waals surface area (Å²) in [6, 6.07) is 3.03. The molecule has 1 aromatic rings. The normalized spacial score (nSPS) is 15.7. The lowest BCUT2D eigenvalue weighted by atomic mass is 10.0. The Morgan fingerprint density at radius 3 is 2.50 bits per heavy atom. The largest absolute Gasteiger partial charge is 0.478 e. The molecule has 0 saturated heterocycles. The number of carboxylic acids is 1. The van der Waals surface area contributed by atoms with Crippen molar-refractivity contribution in [3.8, 4) is 0 Å². The fourth-order valence-corrected chi connectivity index (χ4v) is 2.25. The summed E-state index contributed by atoms with van der Waals surface area (Å²) in [7, 11) is 0. The third kappa shape index (κ3) is 3.10. The predicted molar refractivity (Wildman–Crippen MR) is 77.1 cm³/mol. The Morgan fingerprint density at radius 1 is 1.35 bits per heavy atom. The molecule has 0 bridgehead atoms. The lowest BCUT2D eigenvalue weighted by Gasteiger charge is -2.14. The first kappa shape index (κ1) is 14.4. The number of benzene rings is 1. The topological polar surface area (TPSA) is 92.4 Å². The quantitative estimate of drug-likeness (QED) is 0.743. The first-order chi connectivity index (χ1) is 9.32. The van der Waals surface area contributed by atoms with Crippen LogP contribution in [0.1, 0.15) is 52.5 Å². The first-order valence-corrected chi connectivity index (χ1v) is 6.74. The van der Waals surface area contributed by atoms with E-state index in [0.29, 0.717) is 28.8 Å². The van der Waals surface area contributed by atoms with Gasteiger partial charge in [-0.05, 0) is 49.3 Å². The van der Waals surface area contributed by atoms with Gasteiger partial charge in [-0.1, -0.05) is 6.92 Å². The van der Waals surface area contributed by atoms with E-state index < -0.39 is 11.9 Å². The fourth-order valence-electron chi connectivity index (χ4n) is 2.25. The molecule has 0 radical (unpaired) electrons. The third-order valence-corrected chi connectivity index (χ3v) is 4.01. The SMILES string of the molecule is Cc1cc(C(N)=O)c(NCCC2(C)CC2)cc1C(=O)O. The number of carbonyl (C=O) groups is 2. The molecule has 1 aliphatic rings. The monoisotopic (exact) mass is 276 g/mol. The van der Waals surface area contributed by atoms with Crippen molar-refractivity contribution in [2.75, 3.05) is 11.9 Å². The second-order valence-corrected chi connectivity index (χ2v) is 5.87. The lowest BCUT2D eigenvalue weighted by Crippen LogP contribution is -2.17. The van der Waals surface area contributed by atoms with Crippen LogP contribution < -0.4 is 11.1 Å². The van der Waals surface area contributed by atoms with Gasteiger partial charge in [0.25, 0.3) is 5.91 Å². The maximum Gasteiger partial charge on any atom is 0.336 e. The molecule has 0 unspecified atom stereocenters. The van der Waals surface area contributed by atoms with Crippen molar-refractivity contribution < 1.29 is 14.7 Å². The lowest BCUT2D eigenvalue weighted by molar-refractivity contribution is 0.0695. The van der Waals surface area contributed by atoms with Gasteiger partial charge in [0.05, 0.1) is 11.1 Å². The van der Waals surface area contributed by atoms with E-state index in [9.17, 15) is 9.59 Å². The van der Waals surface area contributed by atoms with Crippen LogP contribution in [-0.4, -0.2) is 23.5 Å². The maximum atomic E-state index is 11.5. The molecule has 1 fully saturated rings. The van der Waals surface area contributed by atoms with E-state index in [4.69, 9.17) is 10.8 Å². The number of hydrogen-bond acceptors (Lipinski definition) is 3. The van der Waals surface area contributed by atoms with E-state index in [2.05, 4.69) is 12.2 Å². The summed E-state index contributed by atoms with van der Waals surface area (Å²) in [5.74, 6) is -1.55. The number of rotatable bonds is 6. The van der Waals surface area contributed by atoms with Crippen LogP contribution >= 0.6 is 0 Å². The van der Waals surface area contributed by atoms with Crippen LogP contribution in [0.2, 0.25) is 0 Å². The highest BCUT2D eigenvalue weighted by atomic mass is 16.4. The molecule has 4 N–H and O–H groups in total. The van der Waals surface area contributed by atoms with Crippen molar-refractivity contribution >= 4 is 17.6 Å². The van der Waals surface area contributed by atoms with Gasteiger partial charge >= 0.3 is 5.97 Å². The predicted octanol–water partition coefficient (Wildman–Crippen LogP) is 2.39. The minimum absolute atomic E-state index is 0.190. The Kier molecular flexibility index (Phi) is 3.70. The Hall–Kier alpha value is -2.04. The van der Waals surface area contributed by atoms with Gasteiger partial charge in [-0.2, -0.15) is 0 Å². The van der Waals surface area contributed by atoms with Crippen LogP contribution in [0.15, 0.2) is 12.1 Å². The minimum atomic E-state index is -1.00. The Morgan fingerprint density at radius 2 is 2.00 bits per heavy atom. The Labute approximate surface area is 118 Å². The molecule has 1 aliphatic carbocycles. The number of carboxylic acid groups (broad SMARTS) is 1. The van der Waals surface area contributed by atoms with Crippen molar-refractivity contribution in [2.24, 2.45) is 11.1 Å². The number of primary amides is 1. The Bertz CT molecular complexity index is 562. The molecule has 0 aromatic heterocycles. The molecule has 0 heterocycles. The standard InChI is InChI=1S/C15H20N2O3/c1-9-7-11(13(16)18)12(8-10(9)14(19)20)17-6-5-15(2)3-4-15/h7-8,17H,3-6H2,1-2H3,(H2,16,18)(H,19,20). The van der Waals surface area contributed by atoms with Crippen molar-refractivity contribution in [1.82, 2.24) is 0 Å². The highest BCUT2D eigenvalue weighted by Gasteiger charge is 2.36. The van der Waals surface area contributed by atoms with Crippen LogP contribution in [0.5, 0.6) is 0 Å². The molecule has 1 saturated carbocycles. The van der Waals surface area contributed by atoms with E-state index in [-0.39, 0.29) is 5.56 Å². The van der Waals surface area contributed by atoms with E-state index in [1.807, 2.05) is 0 Å². The minimum Gasteiger partial charge on any atom is -0.478 e. The van der Waals surface area contributed by atoms with Gasteiger partial charge in [0, 0.05) is 12.2 Å². The zero-order valence-corrected chi connectivity index (χ0v) is 11.8. The van der Waals surface area contributed by atoms with Gasteiger partial charge in [0.1, 0.15) is 0 Å². The van der Waals surface area contributed by atoms with Gasteiger partial charge < -0.3 is 16.2 Å². The van der Waals surface area contributed by atoms with Gasteiger partial charge in [-0.25, -0.2) is 4.79 Å². The zero-order chi connectivity index (χ0) is 14.9. The fraction of sp³-hybridized carbons (Fsp3) is 0.467. The summed E-state index contributed by atoms with van der Waals surface area (Å²) in [5, 5.41) is 12.3. The summed E-state index contributed by atoms with van der Waals surface area (Å²) in [6.07, 6.45) is 3.46. The second kappa shape index (κ2) is 5.15. The molecule has 5 nitrogen and oxygen atoms in total. The molecule has 20 heavy (non-hydrogen) atoms. The molecular weight excluding hydrogens is 256 g/mol. The summed E-state index contributed by atoms with van der Waals surface area (Å²) in [6.45, 7) is 4.59. The van der Waals surface area contributed by atoms with Crippen molar-refractivity contribution in [3.63, 3.8) is 0 Å². The van der Waals surface area contributed by atoms with E-state index in [0.717, 1.165) is 6.42 Å². The summed E-state index contributed by atoms with van der Waals surface area (Å²) >= 11 is 0. The highest BCUT2D eigenvalue weighted by molar-refractivity contribution is 6.01. The van der Waals surface area contributed by atoms with Crippen molar-refractivity contribution in [3.05, 3.63) is 28.8 Å². The van der Waals surface area contributed by atoms with Gasteiger partial charge in [0.15, 0.2) is 0 Å². The molecule has 1 amide bonds. The van der Waals surface area contributed by atoms with E-state index in [1.165, 1.54) is 25.0 Å². The average molecular weight is 276 g/mol. The third-order valence-electron chi connectivity index (χ3n) is 4.01. The molecule has 108 valence electrons. The first-order valence-electron chi connectivity index (χ1n) is 6.74. The van der Waals surface area contributed by atoms with E-state index in [1.54, 1.807) is 6.92 Å². The van der Waals surface area contributed by atoms with Gasteiger partial charge in [-0.3, -0.25) is 4.79 Å². The summed E-state index contributed by atoms with van der Waals surface area (Å²) < 4.78 is 0. The van der Waals surface area contributed by atoms with Crippen molar-refractivity contribution in [1.29, 1.82) is 0 Å². The van der Waals surface area contributed by atoms with Crippen LogP contribution in [-0.2, 0) is 0 Å². The highest BCUT2D eigenvalue weighted by Crippen LogP contribution is 2.47. The number of aryl methyl sites for hydroxylation is 1. The van der Waals surface area contributed by atoms with Gasteiger partial charge in [-0.15, -0.1) is 0 Å². The van der Waals surface area contributed by atoms with Crippen LogP contribution in [0.3, 0.4) is 0 Å².